The van der Waals surface area contributed by atoms with Gasteiger partial charge in [-0.1, -0.05) is 36.9 Å². The van der Waals surface area contributed by atoms with Gasteiger partial charge < -0.3 is 16.0 Å². The average Bonchev–Trinajstić information content (AvgIpc) is 2.58. The molecule has 2 aromatic carbocycles. The highest BCUT2D eigenvalue weighted by Crippen LogP contribution is 2.30. The van der Waals surface area contributed by atoms with Gasteiger partial charge in [0.15, 0.2) is 11.6 Å². The van der Waals surface area contributed by atoms with E-state index in [1.165, 1.54) is 6.07 Å². The van der Waals surface area contributed by atoms with E-state index in [0.29, 0.717) is 0 Å². The minimum atomic E-state index is -1.06. The predicted molar refractivity (Wildman–Crippen MR) is 88.5 cm³/mol. The molecule has 0 aliphatic carbocycles. The quantitative estimate of drug-likeness (QED) is 0.801. The van der Waals surface area contributed by atoms with Gasteiger partial charge in [-0.15, -0.1) is 0 Å². The highest BCUT2D eigenvalue weighted by molar-refractivity contribution is 5.97. The second kappa shape index (κ2) is 6.72. The molecular weight excluding hydrogens is 328 g/mol. The standard InChI is InChI=1S/C18H15F2N3O2/c1-10-15(17(24)22-12-7-8-13(19)14(20)9-12)16(23-18(25)21-10)11-5-3-2-4-6-11/h2-9,15-16H,1H2,(H,22,24)(H2,21,23,25)/t15-,16+/m1/s1. The van der Waals surface area contributed by atoms with E-state index in [4.69, 9.17) is 0 Å². The Morgan fingerprint density at radius 3 is 2.48 bits per heavy atom. The highest BCUT2D eigenvalue weighted by Gasteiger charge is 2.37. The lowest BCUT2D eigenvalue weighted by molar-refractivity contribution is -0.119. The maximum absolute atomic E-state index is 13.3. The molecule has 1 saturated heterocycles. The number of carbonyl (C=O) groups excluding carboxylic acids is 2. The molecule has 0 unspecified atom stereocenters. The summed E-state index contributed by atoms with van der Waals surface area (Å²) in [5.74, 6) is -3.40. The number of hydrogen-bond donors (Lipinski definition) is 3. The topological polar surface area (TPSA) is 70.2 Å². The summed E-state index contributed by atoms with van der Waals surface area (Å²) in [5, 5.41) is 7.70. The van der Waals surface area contributed by atoms with Crippen molar-refractivity contribution in [2.45, 2.75) is 6.04 Å². The lowest BCUT2D eigenvalue weighted by atomic mass is 9.88. The van der Waals surface area contributed by atoms with Crippen LogP contribution < -0.4 is 16.0 Å². The average molecular weight is 343 g/mol. The van der Waals surface area contributed by atoms with Gasteiger partial charge in [0.2, 0.25) is 5.91 Å². The van der Waals surface area contributed by atoms with Crippen LogP contribution in [0, 0.1) is 17.6 Å². The van der Waals surface area contributed by atoms with Crippen LogP contribution in [-0.2, 0) is 4.79 Å². The van der Waals surface area contributed by atoms with Crippen molar-refractivity contribution in [3.05, 3.63) is 78.0 Å². The third kappa shape index (κ3) is 3.50. The summed E-state index contributed by atoms with van der Waals surface area (Å²) < 4.78 is 26.3. The number of carbonyl (C=O) groups is 2. The first-order chi connectivity index (χ1) is 12.0. The second-order valence-corrected chi connectivity index (χ2v) is 5.61. The molecule has 5 nitrogen and oxygen atoms in total. The number of halogens is 2. The monoisotopic (exact) mass is 343 g/mol. The molecule has 3 amide bonds. The normalized spacial score (nSPS) is 19.8. The summed E-state index contributed by atoms with van der Waals surface area (Å²) in [4.78, 5) is 24.4. The summed E-state index contributed by atoms with van der Waals surface area (Å²) in [7, 11) is 0. The minimum Gasteiger partial charge on any atom is -0.330 e. The van der Waals surface area contributed by atoms with Crippen LogP contribution in [0.5, 0.6) is 0 Å². The first-order valence-corrected chi connectivity index (χ1v) is 7.53. The van der Waals surface area contributed by atoms with Crippen LogP contribution in [-0.4, -0.2) is 11.9 Å². The van der Waals surface area contributed by atoms with E-state index < -0.39 is 35.5 Å². The molecule has 3 rings (SSSR count). The summed E-state index contributed by atoms with van der Waals surface area (Å²) >= 11 is 0. The number of nitrogens with one attached hydrogen (secondary N) is 3. The fourth-order valence-corrected chi connectivity index (χ4v) is 2.73. The van der Waals surface area contributed by atoms with Crippen molar-refractivity contribution in [2.75, 3.05) is 5.32 Å². The lowest BCUT2D eigenvalue weighted by Crippen LogP contribution is -2.51. The van der Waals surface area contributed by atoms with Crippen molar-refractivity contribution in [3.63, 3.8) is 0 Å². The number of amides is 3. The number of rotatable bonds is 3. The van der Waals surface area contributed by atoms with Crippen LogP contribution >= 0.6 is 0 Å². The fourth-order valence-electron chi connectivity index (χ4n) is 2.73. The van der Waals surface area contributed by atoms with Crippen LogP contribution in [0.15, 0.2) is 60.8 Å². The van der Waals surface area contributed by atoms with Crippen LogP contribution in [0.2, 0.25) is 0 Å². The third-order valence-electron chi connectivity index (χ3n) is 3.90. The Bertz CT molecular complexity index is 839. The van der Waals surface area contributed by atoms with Crippen LogP contribution in [0.4, 0.5) is 19.3 Å². The van der Waals surface area contributed by atoms with Gasteiger partial charge in [0.1, 0.15) is 5.92 Å². The van der Waals surface area contributed by atoms with E-state index in [9.17, 15) is 18.4 Å². The number of benzene rings is 2. The van der Waals surface area contributed by atoms with Crippen molar-refractivity contribution in [2.24, 2.45) is 5.92 Å². The molecule has 3 N–H and O–H groups in total. The van der Waals surface area contributed by atoms with Crippen LogP contribution in [0.1, 0.15) is 11.6 Å². The molecule has 0 saturated carbocycles. The zero-order valence-electron chi connectivity index (χ0n) is 13.1. The molecule has 25 heavy (non-hydrogen) atoms. The van der Waals surface area contributed by atoms with Gasteiger partial charge in [0.25, 0.3) is 0 Å². The molecule has 7 heteroatoms. The molecule has 2 atom stereocenters. The first-order valence-electron chi connectivity index (χ1n) is 7.53. The molecule has 0 bridgehead atoms. The fraction of sp³-hybridized carbons (Fsp3) is 0.111. The zero-order valence-corrected chi connectivity index (χ0v) is 13.1. The SMILES string of the molecule is C=C1NC(=O)N[C@@H](c2ccccc2)[C@@H]1C(=O)Nc1ccc(F)c(F)c1. The van der Waals surface area contributed by atoms with E-state index in [0.717, 1.165) is 17.7 Å². The van der Waals surface area contributed by atoms with Crippen molar-refractivity contribution in [1.29, 1.82) is 0 Å². The molecule has 1 heterocycles. The molecule has 0 spiro atoms. The van der Waals surface area contributed by atoms with Gasteiger partial charge in [0, 0.05) is 17.5 Å². The smallest absolute Gasteiger partial charge is 0.319 e. The second-order valence-electron chi connectivity index (χ2n) is 5.61. The molecule has 0 radical (unpaired) electrons. The zero-order chi connectivity index (χ0) is 18.0. The van der Waals surface area contributed by atoms with E-state index in [-0.39, 0.29) is 11.4 Å². The molecule has 128 valence electrons. The van der Waals surface area contributed by atoms with E-state index in [1.807, 2.05) is 6.07 Å². The molecule has 1 aliphatic rings. The van der Waals surface area contributed by atoms with Gasteiger partial charge in [-0.3, -0.25) is 4.79 Å². The van der Waals surface area contributed by atoms with Crippen molar-refractivity contribution < 1.29 is 18.4 Å². The van der Waals surface area contributed by atoms with Gasteiger partial charge in [0.05, 0.1) is 6.04 Å². The van der Waals surface area contributed by atoms with Crippen LogP contribution in [0.25, 0.3) is 0 Å². The van der Waals surface area contributed by atoms with Gasteiger partial charge >= 0.3 is 6.03 Å². The highest BCUT2D eigenvalue weighted by atomic mass is 19.2. The van der Waals surface area contributed by atoms with E-state index >= 15 is 0 Å². The van der Waals surface area contributed by atoms with Gasteiger partial charge in [-0.05, 0) is 17.7 Å². The van der Waals surface area contributed by atoms with Crippen molar-refractivity contribution in [1.82, 2.24) is 10.6 Å². The molecule has 1 fully saturated rings. The summed E-state index contributed by atoms with van der Waals surface area (Å²) in [5.41, 5.74) is 1.06. The Hall–Kier alpha value is -3.22. The Morgan fingerprint density at radius 1 is 1.08 bits per heavy atom. The van der Waals surface area contributed by atoms with Gasteiger partial charge in [-0.2, -0.15) is 0 Å². The van der Waals surface area contributed by atoms with E-state index in [2.05, 4.69) is 22.5 Å². The largest absolute Gasteiger partial charge is 0.330 e. The van der Waals surface area contributed by atoms with Crippen LogP contribution in [0.3, 0.4) is 0 Å². The van der Waals surface area contributed by atoms with E-state index in [1.54, 1.807) is 24.3 Å². The molecule has 1 aliphatic heterocycles. The number of urea groups is 1. The maximum atomic E-state index is 13.3. The predicted octanol–water partition coefficient (Wildman–Crippen LogP) is 3.09. The third-order valence-corrected chi connectivity index (χ3v) is 3.90. The minimum absolute atomic E-state index is 0.111. The Morgan fingerprint density at radius 2 is 1.80 bits per heavy atom. The Labute approximate surface area is 142 Å². The molecule has 0 aromatic heterocycles. The first kappa shape index (κ1) is 16.6. The Balaban J connectivity index is 1.88. The number of hydrogen-bond acceptors (Lipinski definition) is 2. The summed E-state index contributed by atoms with van der Waals surface area (Å²) in [6.07, 6.45) is 0. The lowest BCUT2D eigenvalue weighted by Gasteiger charge is -2.33. The van der Waals surface area contributed by atoms with Crippen molar-refractivity contribution >= 4 is 17.6 Å². The summed E-state index contributed by atoms with van der Waals surface area (Å²) in [6, 6.07) is 10.9. The number of anilines is 1. The van der Waals surface area contributed by atoms with Crippen molar-refractivity contribution in [3.8, 4) is 0 Å². The Kier molecular flexibility index (Phi) is 4.47. The summed E-state index contributed by atoms with van der Waals surface area (Å²) in [6.45, 7) is 3.75. The molecule has 2 aromatic rings. The van der Waals surface area contributed by atoms with Gasteiger partial charge in [-0.25, -0.2) is 13.6 Å². The maximum Gasteiger partial charge on any atom is 0.319 e. The molecular formula is C18H15F2N3O2.